The molecule has 28 heavy (non-hydrogen) atoms. The third-order valence-electron chi connectivity index (χ3n) is 5.50. The van der Waals surface area contributed by atoms with Gasteiger partial charge in [-0.2, -0.15) is 0 Å². The lowest BCUT2D eigenvalue weighted by atomic mass is 9.96. The highest BCUT2D eigenvalue weighted by Crippen LogP contribution is 2.38. The van der Waals surface area contributed by atoms with Crippen LogP contribution in [0.2, 0.25) is 0 Å². The summed E-state index contributed by atoms with van der Waals surface area (Å²) >= 11 is 0. The summed E-state index contributed by atoms with van der Waals surface area (Å²) in [6, 6.07) is 5.93. The Kier molecular flexibility index (Phi) is 5.74. The van der Waals surface area contributed by atoms with Gasteiger partial charge in [0.25, 0.3) is 5.91 Å². The number of piperidine rings is 1. The van der Waals surface area contributed by atoms with Crippen molar-refractivity contribution in [2.45, 2.75) is 51.8 Å². The van der Waals surface area contributed by atoms with Gasteiger partial charge in [-0.1, -0.05) is 31.5 Å². The minimum absolute atomic E-state index is 0.0795. The highest BCUT2D eigenvalue weighted by atomic mass is 16.5. The van der Waals surface area contributed by atoms with Crippen molar-refractivity contribution in [3.63, 3.8) is 0 Å². The molecular weight excluding hydrogens is 360 g/mol. The van der Waals surface area contributed by atoms with E-state index < -0.39 is 17.7 Å². The van der Waals surface area contributed by atoms with E-state index in [0.717, 1.165) is 5.56 Å². The fourth-order valence-electron chi connectivity index (χ4n) is 4.05. The van der Waals surface area contributed by atoms with E-state index in [2.05, 4.69) is 0 Å². The minimum Gasteiger partial charge on any atom is -0.548 e. The van der Waals surface area contributed by atoms with Gasteiger partial charge in [-0.15, -0.1) is 0 Å². The lowest BCUT2D eigenvalue weighted by Crippen LogP contribution is -2.60. The molecule has 2 amide bonds. The number of rotatable bonds is 4. The fraction of sp³-hybridized carbons (Fsp3) is 0.571. The van der Waals surface area contributed by atoms with E-state index >= 15 is 0 Å². The number of hydrogen-bond donors (Lipinski definition) is 0. The van der Waals surface area contributed by atoms with Crippen molar-refractivity contribution in [2.24, 2.45) is 5.92 Å². The van der Waals surface area contributed by atoms with Crippen LogP contribution in [0.3, 0.4) is 0 Å². The third-order valence-corrected chi connectivity index (χ3v) is 5.50. The third kappa shape index (κ3) is 3.90. The van der Waals surface area contributed by atoms with Crippen LogP contribution in [-0.2, 0) is 14.3 Å². The lowest BCUT2D eigenvalue weighted by Gasteiger charge is -2.45. The van der Waals surface area contributed by atoms with E-state index in [1.165, 1.54) is 4.90 Å². The minimum atomic E-state index is -1.32. The molecule has 1 atom stereocenters. The van der Waals surface area contributed by atoms with Crippen molar-refractivity contribution in [1.29, 1.82) is 0 Å². The Labute approximate surface area is 165 Å². The number of likely N-dealkylation sites (tertiary alicyclic amines) is 1. The van der Waals surface area contributed by atoms with Crippen LogP contribution in [0.25, 0.3) is 0 Å². The number of carboxylic acid groups (broad SMARTS) is 1. The van der Waals surface area contributed by atoms with Gasteiger partial charge in [-0.3, -0.25) is 14.5 Å². The summed E-state index contributed by atoms with van der Waals surface area (Å²) in [4.78, 5) is 40.4. The van der Waals surface area contributed by atoms with E-state index in [-0.39, 0.29) is 24.3 Å². The molecule has 0 aliphatic carbocycles. The number of amides is 2. The molecule has 0 saturated carbocycles. The molecule has 0 radical (unpaired) electrons. The molecular formula is C21H27N2O5-. The van der Waals surface area contributed by atoms with Crippen molar-refractivity contribution in [1.82, 2.24) is 9.80 Å². The van der Waals surface area contributed by atoms with Crippen molar-refractivity contribution >= 4 is 17.8 Å². The predicted octanol–water partition coefficient (Wildman–Crippen LogP) is 0.951. The number of nitrogens with zero attached hydrogens (tertiary/aromatic N) is 2. The van der Waals surface area contributed by atoms with Crippen LogP contribution in [0.1, 0.15) is 49.0 Å². The first-order valence-corrected chi connectivity index (χ1v) is 9.76. The molecule has 2 aliphatic heterocycles. The zero-order valence-corrected chi connectivity index (χ0v) is 16.6. The molecule has 7 nitrogen and oxygen atoms in total. The van der Waals surface area contributed by atoms with Crippen molar-refractivity contribution in [3.05, 3.63) is 35.4 Å². The van der Waals surface area contributed by atoms with Gasteiger partial charge in [0, 0.05) is 37.9 Å². The van der Waals surface area contributed by atoms with Crippen molar-refractivity contribution < 1.29 is 24.2 Å². The van der Waals surface area contributed by atoms with Gasteiger partial charge in [0.05, 0.1) is 18.6 Å². The van der Waals surface area contributed by atoms with Crippen LogP contribution in [0, 0.1) is 12.8 Å². The van der Waals surface area contributed by atoms with Gasteiger partial charge in [0.15, 0.2) is 0 Å². The molecule has 152 valence electrons. The molecule has 0 unspecified atom stereocenters. The van der Waals surface area contributed by atoms with Crippen LogP contribution in [0.15, 0.2) is 24.3 Å². The van der Waals surface area contributed by atoms with Crippen LogP contribution in [-0.4, -0.2) is 59.0 Å². The largest absolute Gasteiger partial charge is 0.548 e. The summed E-state index contributed by atoms with van der Waals surface area (Å²) in [5, 5.41) is 11.7. The Hall–Kier alpha value is -2.41. The average Bonchev–Trinajstić information content (AvgIpc) is 3.00. The quantitative estimate of drug-likeness (QED) is 0.767. The number of carbonyl (C=O) groups excluding carboxylic acids is 3. The number of hydrogen-bond acceptors (Lipinski definition) is 5. The summed E-state index contributed by atoms with van der Waals surface area (Å²) in [5.74, 6) is -1.35. The van der Waals surface area contributed by atoms with Crippen molar-refractivity contribution in [3.8, 4) is 0 Å². The number of aryl methyl sites for hydroxylation is 1. The lowest BCUT2D eigenvalue weighted by molar-refractivity contribution is -0.310. The van der Waals surface area contributed by atoms with E-state index in [0.29, 0.717) is 37.9 Å². The van der Waals surface area contributed by atoms with Gasteiger partial charge in [0.1, 0.15) is 5.72 Å². The summed E-state index contributed by atoms with van der Waals surface area (Å²) in [5.41, 5.74) is 0.328. The van der Waals surface area contributed by atoms with Crippen molar-refractivity contribution in [2.75, 3.05) is 19.7 Å². The monoisotopic (exact) mass is 387 g/mol. The van der Waals surface area contributed by atoms with Crippen LogP contribution in [0.5, 0.6) is 0 Å². The summed E-state index contributed by atoms with van der Waals surface area (Å²) < 4.78 is 5.90. The first kappa shape index (κ1) is 20.3. The van der Waals surface area contributed by atoms with E-state index in [4.69, 9.17) is 4.74 Å². The van der Waals surface area contributed by atoms with Gasteiger partial charge >= 0.3 is 0 Å². The molecule has 2 fully saturated rings. The zero-order chi connectivity index (χ0) is 20.5. The molecule has 2 heterocycles. The standard InChI is InChI=1S/C21H28N2O5/c1-14(2)11-18(24)22-9-7-21(8-10-22)23(17(13-28-21)20(26)27)19(25)16-6-4-5-15(3)12-16/h4-6,12,14,17H,7-11,13H2,1-3H3,(H,26,27)/p-1/t17-/m0/s1. The highest BCUT2D eigenvalue weighted by molar-refractivity contribution is 5.97. The Balaban J connectivity index is 1.83. The second kappa shape index (κ2) is 7.91. The molecule has 0 aromatic heterocycles. The summed E-state index contributed by atoms with van der Waals surface area (Å²) in [6.45, 7) is 6.64. The second-order valence-electron chi connectivity index (χ2n) is 8.12. The highest BCUT2D eigenvalue weighted by Gasteiger charge is 2.52. The maximum Gasteiger partial charge on any atom is 0.256 e. The average molecular weight is 387 g/mol. The van der Waals surface area contributed by atoms with E-state index in [1.807, 2.05) is 26.8 Å². The fourth-order valence-corrected chi connectivity index (χ4v) is 4.05. The van der Waals surface area contributed by atoms with Gasteiger partial charge in [0.2, 0.25) is 5.91 Å². The maximum absolute atomic E-state index is 13.2. The Morgan fingerprint density at radius 2 is 1.93 bits per heavy atom. The molecule has 3 rings (SSSR count). The number of carboxylic acids is 1. The predicted molar refractivity (Wildman–Crippen MR) is 100 cm³/mol. The topological polar surface area (TPSA) is 90.0 Å². The SMILES string of the molecule is Cc1cccc(C(=O)N2[C@H](C(=O)[O-])COC23CCN(C(=O)CC(C)C)CC3)c1. The molecule has 1 aromatic rings. The van der Waals surface area contributed by atoms with Gasteiger partial charge in [-0.05, 0) is 25.0 Å². The molecule has 0 N–H and O–H groups in total. The molecule has 1 spiro atoms. The van der Waals surface area contributed by atoms with Crippen LogP contribution >= 0.6 is 0 Å². The zero-order valence-electron chi connectivity index (χ0n) is 16.6. The van der Waals surface area contributed by atoms with Crippen LogP contribution < -0.4 is 5.11 Å². The first-order chi connectivity index (χ1) is 13.2. The normalized spacial score (nSPS) is 21.4. The van der Waals surface area contributed by atoms with E-state index in [1.54, 1.807) is 23.1 Å². The second-order valence-corrected chi connectivity index (χ2v) is 8.12. The smallest absolute Gasteiger partial charge is 0.256 e. The van der Waals surface area contributed by atoms with Gasteiger partial charge in [-0.25, -0.2) is 0 Å². The van der Waals surface area contributed by atoms with E-state index in [9.17, 15) is 19.5 Å². The molecule has 2 aliphatic rings. The van der Waals surface area contributed by atoms with Gasteiger partial charge < -0.3 is 19.5 Å². The molecule has 7 heteroatoms. The first-order valence-electron chi connectivity index (χ1n) is 9.76. The summed E-state index contributed by atoms with van der Waals surface area (Å²) in [7, 11) is 0. The Bertz CT molecular complexity index is 768. The maximum atomic E-state index is 13.2. The number of ether oxygens (including phenoxy) is 1. The Morgan fingerprint density at radius 3 is 2.50 bits per heavy atom. The molecule has 1 aromatic carbocycles. The number of aliphatic carboxylic acids is 1. The van der Waals surface area contributed by atoms with Crippen LogP contribution in [0.4, 0.5) is 0 Å². The Morgan fingerprint density at radius 1 is 1.25 bits per heavy atom. The number of benzene rings is 1. The number of carbonyl (C=O) groups is 3. The summed E-state index contributed by atoms with van der Waals surface area (Å²) in [6.07, 6.45) is 1.25. The molecule has 2 saturated heterocycles. The molecule has 0 bridgehead atoms.